The summed E-state index contributed by atoms with van der Waals surface area (Å²) in [4.78, 5) is 28.7. The van der Waals surface area contributed by atoms with Crippen molar-refractivity contribution in [2.24, 2.45) is 0 Å². The van der Waals surface area contributed by atoms with Gasteiger partial charge in [-0.15, -0.1) is 11.3 Å². The normalized spacial score (nSPS) is 17.9. The number of aryl methyl sites for hydroxylation is 2. The largest absolute Gasteiger partial charge is 0.507 e. The number of nitrogens with zero attached hydrogens (tertiary/aromatic N) is 1. The highest BCUT2D eigenvalue weighted by molar-refractivity contribution is 7.09. The molecule has 1 atom stereocenters. The Labute approximate surface area is 185 Å². The molecule has 1 saturated heterocycles. The van der Waals surface area contributed by atoms with Gasteiger partial charge in [-0.1, -0.05) is 30.3 Å². The van der Waals surface area contributed by atoms with Crippen LogP contribution < -0.4 is 4.74 Å². The fourth-order valence-corrected chi connectivity index (χ4v) is 4.71. The minimum Gasteiger partial charge on any atom is -0.507 e. The Morgan fingerprint density at radius 1 is 1.06 bits per heavy atom. The third-order valence-electron chi connectivity index (χ3n) is 5.60. The summed E-state index contributed by atoms with van der Waals surface area (Å²) in [6, 6.07) is 16.0. The van der Waals surface area contributed by atoms with E-state index in [1.807, 2.05) is 55.6 Å². The Morgan fingerprint density at radius 3 is 2.48 bits per heavy atom. The number of rotatable bonds is 5. The van der Waals surface area contributed by atoms with E-state index in [0.717, 1.165) is 21.6 Å². The van der Waals surface area contributed by atoms with Crippen LogP contribution in [0.25, 0.3) is 5.76 Å². The minimum absolute atomic E-state index is 0.112. The maximum atomic E-state index is 13.1. The van der Waals surface area contributed by atoms with Gasteiger partial charge in [0, 0.05) is 10.4 Å². The van der Waals surface area contributed by atoms with Gasteiger partial charge >= 0.3 is 0 Å². The molecule has 0 aliphatic carbocycles. The van der Waals surface area contributed by atoms with E-state index in [1.54, 1.807) is 30.2 Å². The summed E-state index contributed by atoms with van der Waals surface area (Å²) >= 11 is 1.53. The number of benzene rings is 2. The molecule has 1 unspecified atom stereocenters. The van der Waals surface area contributed by atoms with Crippen molar-refractivity contribution in [1.82, 2.24) is 4.90 Å². The van der Waals surface area contributed by atoms with Crippen LogP contribution in [0.3, 0.4) is 0 Å². The minimum atomic E-state index is -0.671. The molecular weight excluding hydrogens is 410 g/mol. The highest BCUT2D eigenvalue weighted by atomic mass is 32.1. The van der Waals surface area contributed by atoms with Crippen LogP contribution in [0.2, 0.25) is 0 Å². The van der Waals surface area contributed by atoms with Gasteiger partial charge in [-0.05, 0) is 60.2 Å². The zero-order valence-electron chi connectivity index (χ0n) is 17.6. The molecule has 0 bridgehead atoms. The standard InChI is InChI=1S/C25H23NO4S/c1-15-7-4-5-9-19(15)22-21(23(27)17-10-11-20(30-3)16(2)13-17)24(28)25(29)26(22)14-18-8-6-12-31-18/h4-13,22,27H,14H2,1-3H3/b23-21+. The van der Waals surface area contributed by atoms with Crippen molar-refractivity contribution in [3.05, 3.63) is 92.7 Å². The van der Waals surface area contributed by atoms with Crippen LogP contribution in [0.15, 0.2) is 65.6 Å². The van der Waals surface area contributed by atoms with Crippen molar-refractivity contribution >= 4 is 28.8 Å². The van der Waals surface area contributed by atoms with E-state index in [-0.39, 0.29) is 11.3 Å². The molecule has 1 aliphatic heterocycles. The average molecular weight is 434 g/mol. The summed E-state index contributed by atoms with van der Waals surface area (Å²) in [6.07, 6.45) is 0. The number of carbonyl (C=O) groups excluding carboxylic acids is 2. The van der Waals surface area contributed by atoms with Crippen molar-refractivity contribution in [2.75, 3.05) is 7.11 Å². The molecule has 0 radical (unpaired) electrons. The lowest BCUT2D eigenvalue weighted by atomic mass is 9.92. The number of thiophene rings is 1. The zero-order chi connectivity index (χ0) is 22.1. The number of likely N-dealkylation sites (tertiary alicyclic amines) is 1. The highest BCUT2D eigenvalue weighted by Crippen LogP contribution is 2.42. The first kappa shape index (κ1) is 20.9. The SMILES string of the molecule is COc1ccc(/C(O)=C2\C(=O)C(=O)N(Cc3cccs3)C2c2ccccc2C)cc1C. The Bertz CT molecular complexity index is 1180. The van der Waals surface area contributed by atoms with E-state index in [0.29, 0.717) is 17.9 Å². The second-order valence-electron chi connectivity index (χ2n) is 7.55. The first-order valence-electron chi connectivity index (χ1n) is 9.93. The third-order valence-corrected chi connectivity index (χ3v) is 6.46. The van der Waals surface area contributed by atoms with Gasteiger partial charge in [-0.2, -0.15) is 0 Å². The molecule has 158 valence electrons. The molecule has 3 aromatic rings. The van der Waals surface area contributed by atoms with Crippen LogP contribution in [-0.2, 0) is 16.1 Å². The molecule has 1 fully saturated rings. The number of amides is 1. The van der Waals surface area contributed by atoms with Crippen molar-refractivity contribution in [3.63, 3.8) is 0 Å². The van der Waals surface area contributed by atoms with Crippen molar-refractivity contribution in [3.8, 4) is 5.75 Å². The van der Waals surface area contributed by atoms with Gasteiger partial charge in [0.05, 0.1) is 25.3 Å². The molecule has 2 aromatic carbocycles. The van der Waals surface area contributed by atoms with Crippen molar-refractivity contribution in [2.45, 2.75) is 26.4 Å². The molecule has 5 nitrogen and oxygen atoms in total. The van der Waals surface area contributed by atoms with Gasteiger partial charge in [-0.3, -0.25) is 9.59 Å². The Balaban J connectivity index is 1.89. The molecule has 31 heavy (non-hydrogen) atoms. The number of aliphatic hydroxyl groups is 1. The molecular formula is C25H23NO4S. The van der Waals surface area contributed by atoms with Crippen molar-refractivity contribution < 1.29 is 19.4 Å². The van der Waals surface area contributed by atoms with Crippen LogP contribution in [0.1, 0.15) is 33.2 Å². The predicted octanol–water partition coefficient (Wildman–Crippen LogP) is 5.00. The van der Waals surface area contributed by atoms with E-state index in [2.05, 4.69) is 0 Å². The third kappa shape index (κ3) is 3.75. The lowest BCUT2D eigenvalue weighted by molar-refractivity contribution is -0.140. The number of ether oxygens (including phenoxy) is 1. The molecule has 6 heteroatoms. The number of hydrogen-bond acceptors (Lipinski definition) is 5. The quantitative estimate of drug-likeness (QED) is 0.350. The van der Waals surface area contributed by atoms with E-state index in [4.69, 9.17) is 4.74 Å². The number of ketones is 1. The van der Waals surface area contributed by atoms with Gasteiger partial charge < -0.3 is 14.7 Å². The van der Waals surface area contributed by atoms with Gasteiger partial charge in [0.1, 0.15) is 11.5 Å². The fraction of sp³-hybridized carbons (Fsp3) is 0.200. The maximum absolute atomic E-state index is 13.1. The lowest BCUT2D eigenvalue weighted by Gasteiger charge is -2.26. The van der Waals surface area contributed by atoms with Gasteiger partial charge in [0.25, 0.3) is 11.7 Å². The van der Waals surface area contributed by atoms with Crippen LogP contribution in [0, 0.1) is 13.8 Å². The summed E-state index contributed by atoms with van der Waals surface area (Å²) in [7, 11) is 1.58. The molecule has 1 amide bonds. The van der Waals surface area contributed by atoms with Crippen LogP contribution in [-0.4, -0.2) is 28.8 Å². The Kier molecular flexibility index (Phi) is 5.65. The van der Waals surface area contributed by atoms with Gasteiger partial charge in [-0.25, -0.2) is 0 Å². The van der Waals surface area contributed by atoms with Crippen LogP contribution in [0.5, 0.6) is 5.75 Å². The second-order valence-corrected chi connectivity index (χ2v) is 8.58. The smallest absolute Gasteiger partial charge is 0.295 e. The molecule has 1 aliphatic rings. The molecule has 0 spiro atoms. The summed E-state index contributed by atoms with van der Waals surface area (Å²) in [5.41, 5.74) is 3.19. The number of methoxy groups -OCH3 is 1. The predicted molar refractivity (Wildman–Crippen MR) is 121 cm³/mol. The Morgan fingerprint density at radius 2 is 1.84 bits per heavy atom. The van der Waals surface area contributed by atoms with Crippen LogP contribution in [0.4, 0.5) is 0 Å². The number of Topliss-reactive ketones (excluding diaryl/α,β-unsaturated/α-hetero) is 1. The number of carbonyl (C=O) groups is 2. The van der Waals surface area contributed by atoms with E-state index < -0.39 is 17.7 Å². The summed E-state index contributed by atoms with van der Waals surface area (Å²) in [5.74, 6) is -0.764. The first-order valence-corrected chi connectivity index (χ1v) is 10.8. The maximum Gasteiger partial charge on any atom is 0.295 e. The summed E-state index contributed by atoms with van der Waals surface area (Å²) in [6.45, 7) is 4.11. The molecule has 1 aromatic heterocycles. The van der Waals surface area contributed by atoms with E-state index >= 15 is 0 Å². The monoisotopic (exact) mass is 433 g/mol. The lowest BCUT2D eigenvalue weighted by Crippen LogP contribution is -2.29. The van der Waals surface area contributed by atoms with Gasteiger partial charge in [0.2, 0.25) is 0 Å². The second kappa shape index (κ2) is 8.40. The van der Waals surface area contributed by atoms with E-state index in [9.17, 15) is 14.7 Å². The zero-order valence-corrected chi connectivity index (χ0v) is 18.4. The molecule has 0 saturated carbocycles. The van der Waals surface area contributed by atoms with E-state index in [1.165, 1.54) is 11.3 Å². The fourth-order valence-electron chi connectivity index (χ4n) is 4.01. The Hall–Kier alpha value is -3.38. The summed E-state index contributed by atoms with van der Waals surface area (Å²) in [5, 5.41) is 13.1. The van der Waals surface area contributed by atoms with Crippen molar-refractivity contribution in [1.29, 1.82) is 0 Å². The van der Waals surface area contributed by atoms with Gasteiger partial charge in [0.15, 0.2) is 0 Å². The molecule has 1 N–H and O–H groups in total. The topological polar surface area (TPSA) is 66.8 Å². The van der Waals surface area contributed by atoms with Crippen LogP contribution >= 0.6 is 11.3 Å². The molecule has 4 rings (SSSR count). The average Bonchev–Trinajstić information content (AvgIpc) is 3.36. The highest BCUT2D eigenvalue weighted by Gasteiger charge is 2.46. The molecule has 2 heterocycles. The number of hydrogen-bond donors (Lipinski definition) is 1. The number of aliphatic hydroxyl groups excluding tert-OH is 1. The summed E-state index contributed by atoms with van der Waals surface area (Å²) < 4.78 is 5.30. The first-order chi connectivity index (χ1) is 14.9.